The molecule has 2 rings (SSSR count). The highest BCUT2D eigenvalue weighted by Crippen LogP contribution is 2.26. The summed E-state index contributed by atoms with van der Waals surface area (Å²) in [5.74, 6) is -0.116. The zero-order chi connectivity index (χ0) is 8.55. The van der Waals surface area contributed by atoms with Gasteiger partial charge in [0.2, 0.25) is 0 Å². The van der Waals surface area contributed by atoms with Gasteiger partial charge in [0.15, 0.2) is 0 Å². The van der Waals surface area contributed by atoms with Gasteiger partial charge in [0.05, 0.1) is 0 Å². The second kappa shape index (κ2) is 2.77. The van der Waals surface area contributed by atoms with Gasteiger partial charge in [0.25, 0.3) is 0 Å². The summed E-state index contributed by atoms with van der Waals surface area (Å²) in [6.07, 6.45) is 2.11. The minimum atomic E-state index is -0.116. The summed E-state index contributed by atoms with van der Waals surface area (Å²) < 4.78 is 12.9. The molecule has 1 aliphatic rings. The van der Waals surface area contributed by atoms with Crippen molar-refractivity contribution in [2.75, 3.05) is 11.9 Å². The van der Waals surface area contributed by atoms with Gasteiger partial charge in [-0.15, -0.1) is 0 Å². The maximum Gasteiger partial charge on any atom is 0.123 e. The Morgan fingerprint density at radius 3 is 3.08 bits per heavy atom. The predicted molar refractivity (Wildman–Crippen MR) is 47.9 cm³/mol. The Kier molecular flexibility index (Phi) is 1.75. The van der Waals surface area contributed by atoms with Crippen LogP contribution in [0.15, 0.2) is 12.1 Å². The molecule has 0 saturated heterocycles. The van der Waals surface area contributed by atoms with Gasteiger partial charge >= 0.3 is 0 Å². The number of aryl methyl sites for hydroxylation is 2. The van der Waals surface area contributed by atoms with Crippen LogP contribution < -0.4 is 5.32 Å². The van der Waals surface area contributed by atoms with E-state index < -0.39 is 0 Å². The van der Waals surface area contributed by atoms with Gasteiger partial charge in [0, 0.05) is 12.2 Å². The summed E-state index contributed by atoms with van der Waals surface area (Å²) in [6.45, 7) is 2.96. The lowest BCUT2D eigenvalue weighted by molar-refractivity contribution is 0.622. The molecule has 0 unspecified atom stereocenters. The molecule has 12 heavy (non-hydrogen) atoms. The van der Waals surface area contributed by atoms with Crippen molar-refractivity contribution in [2.24, 2.45) is 0 Å². The van der Waals surface area contributed by atoms with Crippen molar-refractivity contribution in [3.8, 4) is 0 Å². The molecule has 1 aromatic rings. The summed E-state index contributed by atoms with van der Waals surface area (Å²) in [5, 5.41) is 3.29. The molecule has 0 atom stereocenters. The predicted octanol–water partition coefficient (Wildman–Crippen LogP) is 2.49. The average molecular weight is 165 g/mol. The maximum absolute atomic E-state index is 12.9. The van der Waals surface area contributed by atoms with Gasteiger partial charge in [-0.3, -0.25) is 0 Å². The van der Waals surface area contributed by atoms with Gasteiger partial charge < -0.3 is 5.32 Å². The minimum Gasteiger partial charge on any atom is -0.385 e. The Balaban J connectivity index is 2.53. The quantitative estimate of drug-likeness (QED) is 0.622. The minimum absolute atomic E-state index is 0.116. The number of rotatable bonds is 0. The van der Waals surface area contributed by atoms with Crippen molar-refractivity contribution in [3.05, 3.63) is 29.1 Å². The lowest BCUT2D eigenvalue weighted by Crippen LogP contribution is -2.13. The van der Waals surface area contributed by atoms with E-state index in [1.165, 1.54) is 0 Å². The molecular weight excluding hydrogens is 153 g/mol. The highest BCUT2D eigenvalue weighted by molar-refractivity contribution is 5.58. The maximum atomic E-state index is 12.9. The molecular formula is C10H12FN. The molecule has 0 radical (unpaired) electrons. The van der Waals surface area contributed by atoms with Crippen molar-refractivity contribution in [1.29, 1.82) is 0 Å². The first kappa shape index (κ1) is 7.59. The zero-order valence-electron chi connectivity index (χ0n) is 7.15. The van der Waals surface area contributed by atoms with Crippen LogP contribution in [0.3, 0.4) is 0 Å². The van der Waals surface area contributed by atoms with Crippen LogP contribution >= 0.6 is 0 Å². The number of anilines is 1. The van der Waals surface area contributed by atoms with Gasteiger partial charge in [-0.05, 0) is 43.0 Å². The van der Waals surface area contributed by atoms with Crippen LogP contribution in [-0.4, -0.2) is 6.54 Å². The molecule has 0 spiro atoms. The molecule has 0 fully saturated rings. The van der Waals surface area contributed by atoms with E-state index in [2.05, 4.69) is 5.32 Å². The monoisotopic (exact) mass is 165 g/mol. The second-order valence-corrected chi connectivity index (χ2v) is 3.29. The van der Waals surface area contributed by atoms with Crippen molar-refractivity contribution in [2.45, 2.75) is 19.8 Å². The molecule has 1 heterocycles. The molecule has 0 aliphatic carbocycles. The number of hydrogen-bond acceptors (Lipinski definition) is 1. The van der Waals surface area contributed by atoms with E-state index in [9.17, 15) is 4.39 Å². The van der Waals surface area contributed by atoms with Gasteiger partial charge in [-0.1, -0.05) is 0 Å². The molecule has 1 aromatic carbocycles. The molecule has 64 valence electrons. The fourth-order valence-corrected chi connectivity index (χ4v) is 1.75. The van der Waals surface area contributed by atoms with E-state index in [0.717, 1.165) is 36.2 Å². The van der Waals surface area contributed by atoms with E-state index in [1.54, 1.807) is 12.1 Å². The Hall–Kier alpha value is -1.05. The topological polar surface area (TPSA) is 12.0 Å². The number of halogens is 1. The third-order valence-electron chi connectivity index (χ3n) is 2.31. The number of fused-ring (bicyclic) bond motifs is 1. The fourth-order valence-electron chi connectivity index (χ4n) is 1.75. The first-order valence-corrected chi connectivity index (χ1v) is 4.30. The van der Waals surface area contributed by atoms with Crippen molar-refractivity contribution >= 4 is 5.69 Å². The largest absolute Gasteiger partial charge is 0.385 e. The van der Waals surface area contributed by atoms with Crippen molar-refractivity contribution in [1.82, 2.24) is 0 Å². The molecule has 0 bridgehead atoms. The summed E-state index contributed by atoms with van der Waals surface area (Å²) >= 11 is 0. The van der Waals surface area contributed by atoms with Crippen LogP contribution in [0.5, 0.6) is 0 Å². The van der Waals surface area contributed by atoms with E-state index in [4.69, 9.17) is 0 Å². The highest BCUT2D eigenvalue weighted by atomic mass is 19.1. The van der Waals surface area contributed by atoms with E-state index in [1.807, 2.05) is 6.92 Å². The SMILES string of the molecule is Cc1cc(F)cc2c1NCCC2. The third kappa shape index (κ3) is 1.17. The summed E-state index contributed by atoms with van der Waals surface area (Å²) in [7, 11) is 0. The van der Waals surface area contributed by atoms with E-state index in [0.29, 0.717) is 0 Å². The Labute approximate surface area is 71.6 Å². The Morgan fingerprint density at radius 1 is 1.42 bits per heavy atom. The zero-order valence-corrected chi connectivity index (χ0v) is 7.15. The molecule has 1 N–H and O–H groups in total. The molecule has 1 nitrogen and oxygen atoms in total. The second-order valence-electron chi connectivity index (χ2n) is 3.29. The normalized spacial score (nSPS) is 15.2. The molecule has 2 heteroatoms. The van der Waals surface area contributed by atoms with Crippen LogP contribution in [-0.2, 0) is 6.42 Å². The van der Waals surface area contributed by atoms with Gasteiger partial charge in [-0.2, -0.15) is 0 Å². The first-order chi connectivity index (χ1) is 5.77. The summed E-state index contributed by atoms with van der Waals surface area (Å²) in [4.78, 5) is 0. The van der Waals surface area contributed by atoms with Gasteiger partial charge in [0.1, 0.15) is 5.82 Å². The van der Waals surface area contributed by atoms with Crippen LogP contribution in [0.2, 0.25) is 0 Å². The highest BCUT2D eigenvalue weighted by Gasteiger charge is 2.11. The summed E-state index contributed by atoms with van der Waals surface area (Å²) in [5.41, 5.74) is 3.28. The lowest BCUT2D eigenvalue weighted by atomic mass is 10.00. The number of hydrogen-bond donors (Lipinski definition) is 1. The molecule has 1 aliphatic heterocycles. The first-order valence-electron chi connectivity index (χ1n) is 4.30. The van der Waals surface area contributed by atoms with Crippen molar-refractivity contribution < 1.29 is 4.39 Å². The average Bonchev–Trinajstić information content (AvgIpc) is 2.04. The molecule has 0 aromatic heterocycles. The van der Waals surface area contributed by atoms with Gasteiger partial charge in [-0.25, -0.2) is 4.39 Å². The summed E-state index contributed by atoms with van der Waals surface area (Å²) in [6, 6.07) is 3.21. The fraction of sp³-hybridized carbons (Fsp3) is 0.400. The lowest BCUT2D eigenvalue weighted by Gasteiger charge is -2.19. The van der Waals surface area contributed by atoms with Crippen LogP contribution in [0, 0.1) is 12.7 Å². The Bertz CT molecular complexity index is 307. The molecule has 0 amide bonds. The van der Waals surface area contributed by atoms with Crippen molar-refractivity contribution in [3.63, 3.8) is 0 Å². The molecule has 0 saturated carbocycles. The van der Waals surface area contributed by atoms with Crippen LogP contribution in [0.4, 0.5) is 10.1 Å². The number of benzene rings is 1. The third-order valence-corrected chi connectivity index (χ3v) is 2.31. The van der Waals surface area contributed by atoms with E-state index >= 15 is 0 Å². The smallest absolute Gasteiger partial charge is 0.123 e. The Morgan fingerprint density at radius 2 is 2.25 bits per heavy atom. The van der Waals surface area contributed by atoms with Crippen LogP contribution in [0.25, 0.3) is 0 Å². The standard InChI is InChI=1S/C10H12FN/c1-7-5-9(11)6-8-3-2-4-12-10(7)8/h5-6,12H,2-4H2,1H3. The van der Waals surface area contributed by atoms with Crippen LogP contribution in [0.1, 0.15) is 17.5 Å². The van der Waals surface area contributed by atoms with E-state index in [-0.39, 0.29) is 5.82 Å². The number of nitrogens with one attached hydrogen (secondary N) is 1.